The Bertz CT molecular complexity index is 776. The molecule has 1 aromatic rings. The third kappa shape index (κ3) is 8.50. The first-order valence-electron chi connectivity index (χ1n) is 7.04. The molecule has 2 heterocycles. The van der Waals surface area contributed by atoms with Crippen molar-refractivity contribution in [3.8, 4) is 0 Å². The molecule has 0 radical (unpaired) electrons. The highest BCUT2D eigenvalue weighted by atomic mass is 32.1. The number of hydrogen-bond acceptors (Lipinski definition) is 11. The van der Waals surface area contributed by atoms with Gasteiger partial charge in [0.25, 0.3) is 5.56 Å². The molecule has 0 saturated carbocycles. The van der Waals surface area contributed by atoms with Crippen molar-refractivity contribution in [2.75, 3.05) is 6.79 Å². The van der Waals surface area contributed by atoms with E-state index in [4.69, 9.17) is 46.7 Å². The molecule has 0 bridgehead atoms. The number of rotatable bonds is 6. The highest BCUT2D eigenvalue weighted by molar-refractivity contribution is 7.71. The average molecular weight is 453 g/mol. The molecule has 17 heteroatoms. The Balaban J connectivity index is 0.000000293. The van der Waals surface area contributed by atoms with Crippen LogP contribution in [-0.4, -0.2) is 57.5 Å². The van der Waals surface area contributed by atoms with Gasteiger partial charge in [-0.05, 0) is 22.9 Å². The zero-order valence-electron chi connectivity index (χ0n) is 13.5. The van der Waals surface area contributed by atoms with E-state index in [0.717, 1.165) is 0 Å². The Morgan fingerprint density at radius 2 is 2.00 bits per heavy atom. The quantitative estimate of drug-likeness (QED) is 0.143. The number of hydrogen-bond donors (Lipinski definition) is 8. The molecule has 2 rings (SSSR count). The van der Waals surface area contributed by atoms with E-state index in [9.17, 15) is 14.5 Å². The maximum atomic E-state index is 11.3. The van der Waals surface area contributed by atoms with E-state index in [1.165, 1.54) is 6.20 Å². The van der Waals surface area contributed by atoms with E-state index >= 15 is 0 Å². The molecule has 1 fully saturated rings. The summed E-state index contributed by atoms with van der Waals surface area (Å²) in [5.74, 6) is 0. The number of aromatic nitrogens is 2. The van der Waals surface area contributed by atoms with Crippen molar-refractivity contribution < 1.29 is 53.0 Å². The molecule has 27 heavy (non-hydrogen) atoms. The van der Waals surface area contributed by atoms with Gasteiger partial charge in [0.1, 0.15) is 6.23 Å². The molecule has 2 unspecified atom stereocenters. The van der Waals surface area contributed by atoms with Gasteiger partial charge in [0, 0.05) is 12.6 Å². The summed E-state index contributed by atoms with van der Waals surface area (Å²) >= 11 is 4.99. The van der Waals surface area contributed by atoms with E-state index in [1.807, 2.05) is 0 Å². The van der Waals surface area contributed by atoms with Crippen molar-refractivity contribution in [3.05, 3.63) is 26.9 Å². The molecule has 1 aliphatic heterocycles. The Morgan fingerprint density at radius 3 is 2.44 bits per heavy atom. The number of ether oxygens (including phenoxy) is 1. The maximum Gasteiger partial charge on any atom is 0.582 e. The van der Waals surface area contributed by atoms with Gasteiger partial charge in [-0.2, -0.15) is 9.79 Å². The van der Waals surface area contributed by atoms with Crippen LogP contribution in [0.4, 0.5) is 0 Å². The molecule has 0 spiro atoms. The first-order valence-corrected chi connectivity index (χ1v) is 10.5. The van der Waals surface area contributed by atoms with Gasteiger partial charge in [0.2, 0.25) is 0 Å². The maximum absolute atomic E-state index is 11.3. The van der Waals surface area contributed by atoms with Crippen LogP contribution in [0.25, 0.3) is 0 Å². The lowest BCUT2D eigenvalue weighted by atomic mass is 10.3. The Labute approximate surface area is 157 Å². The fourth-order valence-electron chi connectivity index (χ4n) is 1.90. The van der Waals surface area contributed by atoms with Crippen LogP contribution in [0.1, 0.15) is 24.6 Å². The van der Waals surface area contributed by atoms with Gasteiger partial charge in [-0.25, -0.2) is 4.57 Å². The first-order chi connectivity index (χ1) is 12.4. The normalized spacial score (nSPS) is 20.3. The van der Waals surface area contributed by atoms with Crippen molar-refractivity contribution in [1.82, 2.24) is 9.55 Å². The monoisotopic (exact) mass is 453 g/mol. The highest BCUT2D eigenvalue weighted by Crippen LogP contribution is 2.63. The summed E-state index contributed by atoms with van der Waals surface area (Å²) in [6.45, 7) is -1.47. The lowest BCUT2D eigenvalue weighted by Gasteiger charge is -2.15. The molecule has 0 aromatic carbocycles. The number of phosphoric acid groups is 1. The lowest BCUT2D eigenvalue weighted by Crippen LogP contribution is -2.21. The Morgan fingerprint density at radius 1 is 1.37 bits per heavy atom. The fourth-order valence-corrected chi connectivity index (χ4v) is 3.61. The second-order valence-corrected chi connectivity index (χ2v) is 8.18. The molecular weight excluding hydrogens is 434 g/mol. The van der Waals surface area contributed by atoms with Crippen LogP contribution in [-0.2, 0) is 24.7 Å². The fraction of sp³-hybridized carbons (Fsp3) is 0.600. The summed E-state index contributed by atoms with van der Waals surface area (Å²) in [6, 6.07) is 0. The number of aliphatic hydroxyl groups excluding tert-OH is 3. The number of aliphatic hydroxyl groups is 3. The van der Waals surface area contributed by atoms with Gasteiger partial charge >= 0.3 is 16.0 Å². The molecule has 2 atom stereocenters. The molecule has 156 valence electrons. The van der Waals surface area contributed by atoms with Crippen molar-refractivity contribution in [3.63, 3.8) is 0 Å². The average Bonchev–Trinajstić information content (AvgIpc) is 2.91. The van der Waals surface area contributed by atoms with Gasteiger partial charge in [-0.1, -0.05) is 0 Å². The van der Waals surface area contributed by atoms with E-state index in [1.54, 1.807) is 4.57 Å². The van der Waals surface area contributed by atoms with Crippen LogP contribution in [0.15, 0.2) is 11.0 Å². The van der Waals surface area contributed by atoms with Crippen molar-refractivity contribution in [1.29, 1.82) is 0 Å². The zero-order valence-corrected chi connectivity index (χ0v) is 16.1. The van der Waals surface area contributed by atoms with Crippen molar-refractivity contribution in [2.45, 2.75) is 32.0 Å². The standard InChI is InChI=1S/C9H12N2O4S.CH6O8P2/c12-4-5-3-11(9(16)10-8(5)14)6-1-2-7(13)15-6;2-1-8-11(6,7)9-10(3,4)5/h3,6-7,12-13H,1-2,4H2,(H,10,14,16);2,6-7H,1H2,(H-,3,4,5)/p+1. The molecule has 8 N–H and O–H groups in total. The van der Waals surface area contributed by atoms with E-state index < -0.39 is 34.6 Å². The topological polar surface area (TPSA) is 224 Å². The highest BCUT2D eigenvalue weighted by Gasteiger charge is 2.47. The van der Waals surface area contributed by atoms with Crippen LogP contribution in [0, 0.1) is 4.77 Å². The zero-order chi connectivity index (χ0) is 20.8. The molecule has 1 aromatic heterocycles. The van der Waals surface area contributed by atoms with Gasteiger partial charge in [0.05, 0.1) is 12.2 Å². The van der Waals surface area contributed by atoms with Crippen LogP contribution in [0.3, 0.4) is 0 Å². The molecule has 0 amide bonds. The Kier molecular flexibility index (Phi) is 9.24. The summed E-state index contributed by atoms with van der Waals surface area (Å²) in [7, 11) is -9.58. The first kappa shape index (κ1) is 24.4. The molecule has 0 aliphatic carbocycles. The van der Waals surface area contributed by atoms with Crippen LogP contribution in [0.2, 0.25) is 0 Å². The second-order valence-electron chi connectivity index (χ2n) is 4.92. The predicted octanol–water partition coefficient (Wildman–Crippen LogP) is -1.25. The van der Waals surface area contributed by atoms with Crippen LogP contribution in [0.5, 0.6) is 0 Å². The van der Waals surface area contributed by atoms with E-state index in [-0.39, 0.29) is 23.2 Å². The van der Waals surface area contributed by atoms with Crippen LogP contribution < -0.4 is 5.56 Å². The SMILES string of the molecule is O=P(O)(O)O[P+](O)(O)OCO.O=c1[nH]c(=S)n(C2CCC(O)O2)cc1CO. The third-order valence-electron chi connectivity index (χ3n) is 2.94. The largest absolute Gasteiger partial charge is 0.582 e. The minimum Gasteiger partial charge on any atom is -0.391 e. The van der Waals surface area contributed by atoms with Crippen molar-refractivity contribution >= 4 is 28.2 Å². The number of nitrogens with zero attached hydrogens (tertiary/aromatic N) is 1. The summed E-state index contributed by atoms with van der Waals surface area (Å²) < 4.78 is 24.0. The van der Waals surface area contributed by atoms with E-state index in [0.29, 0.717) is 12.8 Å². The Hall–Kier alpha value is -0.640. The second kappa shape index (κ2) is 10.2. The predicted molar refractivity (Wildman–Crippen MR) is 89.8 cm³/mol. The molecular formula is C10H19N2O12P2S+. The van der Waals surface area contributed by atoms with Gasteiger partial charge < -0.3 is 29.8 Å². The minimum atomic E-state index is -5.00. The summed E-state index contributed by atoms with van der Waals surface area (Å²) in [5.41, 5.74) is -0.180. The molecule has 1 saturated heterocycles. The number of H-pyrrole nitrogens is 1. The lowest BCUT2D eigenvalue weighted by molar-refractivity contribution is -0.113. The minimum absolute atomic E-state index is 0.221. The van der Waals surface area contributed by atoms with Crippen LogP contribution >= 0.6 is 28.2 Å². The van der Waals surface area contributed by atoms with Crippen molar-refractivity contribution in [2.24, 2.45) is 0 Å². The number of aromatic amines is 1. The summed E-state index contributed by atoms with van der Waals surface area (Å²) in [4.78, 5) is 46.6. The smallest absolute Gasteiger partial charge is 0.391 e. The van der Waals surface area contributed by atoms with Gasteiger partial charge in [-0.3, -0.25) is 14.3 Å². The summed E-state index contributed by atoms with van der Waals surface area (Å²) in [5, 5.41) is 26.2. The van der Waals surface area contributed by atoms with Gasteiger partial charge in [-0.15, -0.1) is 4.52 Å². The number of nitrogens with one attached hydrogen (secondary N) is 1. The molecule has 1 aliphatic rings. The summed E-state index contributed by atoms with van der Waals surface area (Å²) in [6.07, 6.45) is 1.43. The molecule has 14 nitrogen and oxygen atoms in total. The van der Waals surface area contributed by atoms with Gasteiger partial charge in [0.15, 0.2) is 17.9 Å². The van der Waals surface area contributed by atoms with E-state index in [2.05, 4.69) is 13.8 Å². The third-order valence-corrected chi connectivity index (χ3v) is 5.40.